The predicted octanol–water partition coefficient (Wildman–Crippen LogP) is -3.35. The minimum absolute atomic E-state index is 0.182. The van der Waals surface area contributed by atoms with Crippen LogP contribution in [-0.4, -0.2) is 64.4 Å². The quantitative estimate of drug-likeness (QED) is 0.330. The molecule has 2 aromatic heterocycles. The average Bonchev–Trinajstić information content (AvgIpc) is 2.93. The van der Waals surface area contributed by atoms with Crippen molar-refractivity contribution in [3.8, 4) is 0 Å². The number of nitrogens with one attached hydrogen (secondary N) is 1. The number of rotatable bonds is 2. The first-order valence-corrected chi connectivity index (χ1v) is 6.38. The molecule has 0 amide bonds. The summed E-state index contributed by atoms with van der Waals surface area (Å²) in [5.41, 5.74) is 2.23. The Labute approximate surface area is 122 Å². The highest BCUT2D eigenvalue weighted by Gasteiger charge is 2.64. The Hall–Kier alpha value is -2.05. The van der Waals surface area contributed by atoms with Crippen LogP contribution in [0.1, 0.15) is 12.6 Å². The Morgan fingerprint density at radius 3 is 2.82 bits per heavy atom. The van der Waals surface area contributed by atoms with Gasteiger partial charge in [0.1, 0.15) is 23.5 Å². The van der Waals surface area contributed by atoms with Gasteiger partial charge in [-0.3, -0.25) is 9.78 Å². The van der Waals surface area contributed by atoms with Gasteiger partial charge in [0.25, 0.3) is 5.56 Å². The van der Waals surface area contributed by atoms with Crippen LogP contribution in [0, 0.1) is 0 Å². The zero-order valence-electron chi connectivity index (χ0n) is 11.5. The highest BCUT2D eigenvalue weighted by Crippen LogP contribution is 2.44. The lowest BCUT2D eigenvalue weighted by Crippen LogP contribution is -2.53. The van der Waals surface area contributed by atoms with E-state index in [0.29, 0.717) is 0 Å². The van der Waals surface area contributed by atoms with Crippen LogP contribution in [-0.2, 0) is 10.5 Å². The predicted molar refractivity (Wildman–Crippen MR) is 70.5 cm³/mol. The number of imidazole rings is 1. The van der Waals surface area contributed by atoms with Gasteiger partial charge in [0.05, 0.1) is 12.8 Å². The molecule has 0 spiro atoms. The maximum absolute atomic E-state index is 11.7. The lowest BCUT2D eigenvalue weighted by molar-refractivity contribution is -0.276. The molecule has 7 N–H and O–H groups in total. The first-order valence-electron chi connectivity index (χ1n) is 6.38. The zero-order valence-corrected chi connectivity index (χ0v) is 11.5. The van der Waals surface area contributed by atoms with E-state index in [1.54, 1.807) is 0 Å². The number of hydrogen-bond acceptors (Lipinski definition) is 9. The van der Waals surface area contributed by atoms with Crippen LogP contribution >= 0.6 is 0 Å². The average molecular weight is 313 g/mol. The fraction of sp³-hybridized carbons (Fsp3) is 0.545. The number of aromatic nitrogens is 4. The molecule has 0 aliphatic carbocycles. The molecular formula is C11H15N5O6. The molecule has 4 atom stereocenters. The van der Waals surface area contributed by atoms with Crippen molar-refractivity contribution < 1.29 is 25.2 Å². The normalized spacial score (nSPS) is 35.3. The molecule has 22 heavy (non-hydrogen) atoms. The van der Waals surface area contributed by atoms with E-state index >= 15 is 0 Å². The van der Waals surface area contributed by atoms with E-state index in [2.05, 4.69) is 15.1 Å². The summed E-state index contributed by atoms with van der Waals surface area (Å²) < 4.78 is 6.12. The van der Waals surface area contributed by atoms with Gasteiger partial charge in [0, 0.05) is 0 Å². The monoisotopic (exact) mass is 313 g/mol. The van der Waals surface area contributed by atoms with Crippen molar-refractivity contribution in [3.63, 3.8) is 0 Å². The van der Waals surface area contributed by atoms with Gasteiger partial charge < -0.3 is 30.9 Å². The van der Waals surface area contributed by atoms with Crippen molar-refractivity contribution >= 4 is 11.6 Å². The minimum Gasteiger partial charge on any atom is -0.394 e. The van der Waals surface area contributed by atoms with Crippen LogP contribution < -0.4 is 11.3 Å². The molecule has 11 heteroatoms. The number of aliphatic hydroxyl groups is 4. The summed E-state index contributed by atoms with van der Waals surface area (Å²) in [6, 6.07) is 0. The molecule has 120 valence electrons. The second kappa shape index (κ2) is 4.47. The fourth-order valence-corrected chi connectivity index (χ4v) is 2.56. The molecule has 3 heterocycles. The zero-order chi connectivity index (χ0) is 16.3. The largest absolute Gasteiger partial charge is 0.394 e. The van der Waals surface area contributed by atoms with Crippen molar-refractivity contribution in [2.45, 2.75) is 30.5 Å². The maximum atomic E-state index is 11.7. The number of aromatic amines is 1. The number of H-pyrrole nitrogens is 1. The first-order chi connectivity index (χ1) is 10.2. The van der Waals surface area contributed by atoms with Crippen LogP contribution in [0.25, 0.3) is 5.65 Å². The van der Waals surface area contributed by atoms with Gasteiger partial charge in [-0.1, -0.05) is 0 Å². The van der Waals surface area contributed by atoms with E-state index in [1.165, 1.54) is 0 Å². The second-order valence-corrected chi connectivity index (χ2v) is 5.29. The molecular weight excluding hydrogens is 298 g/mol. The number of nitrogen functional groups attached to an aromatic ring is 1. The third-order valence-corrected chi connectivity index (χ3v) is 3.85. The van der Waals surface area contributed by atoms with Gasteiger partial charge in [-0.25, -0.2) is 9.50 Å². The third-order valence-electron chi connectivity index (χ3n) is 3.85. The lowest BCUT2D eigenvalue weighted by atomic mass is 9.88. The van der Waals surface area contributed by atoms with Crippen LogP contribution in [0.2, 0.25) is 0 Å². The summed E-state index contributed by atoms with van der Waals surface area (Å²) in [5, 5.41) is 44.1. The molecule has 1 fully saturated rings. The summed E-state index contributed by atoms with van der Waals surface area (Å²) in [5.74, 6) is -2.69. The summed E-state index contributed by atoms with van der Waals surface area (Å²) >= 11 is 0. The Morgan fingerprint density at radius 2 is 2.23 bits per heavy atom. The number of hydrogen-bond donors (Lipinski definition) is 6. The first kappa shape index (κ1) is 14.9. The van der Waals surface area contributed by atoms with E-state index < -0.39 is 35.8 Å². The minimum atomic E-state index is -2.45. The van der Waals surface area contributed by atoms with Crippen LogP contribution in [0.15, 0.2) is 11.0 Å². The van der Waals surface area contributed by atoms with E-state index in [4.69, 9.17) is 10.5 Å². The van der Waals surface area contributed by atoms with Gasteiger partial charge in [-0.15, -0.1) is 5.10 Å². The molecule has 1 aliphatic rings. The fourth-order valence-electron chi connectivity index (χ4n) is 2.56. The maximum Gasteiger partial charge on any atom is 0.295 e. The number of ether oxygens (including phenoxy) is 1. The molecule has 11 nitrogen and oxygen atoms in total. The number of nitrogens with two attached hydrogens (primary N) is 1. The molecule has 0 saturated carbocycles. The Bertz CT molecular complexity index is 785. The van der Waals surface area contributed by atoms with Gasteiger partial charge >= 0.3 is 0 Å². The standard InChI is InChI=1S/C11H15N5O6/c1-10(20)6(18)4(3-17)22-11(10,21)5-2-13-7-8(19)14-9(12)15-16(5)7/h2,4,6,17-18,20-21H,3H2,1H3,(H3,12,14,15,19)/t4-,6-,10-,11+/m1/s1. The lowest BCUT2D eigenvalue weighted by Gasteiger charge is -2.33. The number of nitrogens with zero attached hydrogens (tertiary/aromatic N) is 3. The van der Waals surface area contributed by atoms with Gasteiger partial charge in [-0.05, 0) is 6.92 Å². The molecule has 3 rings (SSSR count). The topological polar surface area (TPSA) is 179 Å². The second-order valence-electron chi connectivity index (χ2n) is 5.29. The molecule has 1 aliphatic heterocycles. The Kier molecular flexibility index (Phi) is 3.02. The van der Waals surface area contributed by atoms with Crippen molar-refractivity contribution in [1.29, 1.82) is 0 Å². The van der Waals surface area contributed by atoms with Crippen molar-refractivity contribution in [2.24, 2.45) is 0 Å². The van der Waals surface area contributed by atoms with E-state index in [0.717, 1.165) is 17.6 Å². The molecule has 0 radical (unpaired) electrons. The number of anilines is 1. The van der Waals surface area contributed by atoms with Gasteiger partial charge in [0.2, 0.25) is 17.4 Å². The SMILES string of the molecule is C[C@@]1(O)[C@H](O)[C@@H](CO)O[C@@]1(O)c1cnc2c(=O)[nH]c(N)nn12. The molecule has 1 saturated heterocycles. The van der Waals surface area contributed by atoms with E-state index in [-0.39, 0.29) is 17.3 Å². The Morgan fingerprint density at radius 1 is 1.55 bits per heavy atom. The van der Waals surface area contributed by atoms with Crippen LogP contribution in [0.5, 0.6) is 0 Å². The molecule has 2 aromatic rings. The summed E-state index contributed by atoms with van der Waals surface area (Å²) in [6.45, 7) is 0.496. The molecule has 0 bridgehead atoms. The summed E-state index contributed by atoms with van der Waals surface area (Å²) in [7, 11) is 0. The highest BCUT2D eigenvalue weighted by molar-refractivity contribution is 5.40. The van der Waals surface area contributed by atoms with Crippen molar-refractivity contribution in [1.82, 2.24) is 19.6 Å². The van der Waals surface area contributed by atoms with Crippen LogP contribution in [0.4, 0.5) is 5.95 Å². The smallest absolute Gasteiger partial charge is 0.295 e. The van der Waals surface area contributed by atoms with E-state index in [9.17, 15) is 25.2 Å². The molecule has 0 unspecified atom stereocenters. The third kappa shape index (κ3) is 1.71. The van der Waals surface area contributed by atoms with E-state index in [1.807, 2.05) is 0 Å². The van der Waals surface area contributed by atoms with Gasteiger partial charge in [-0.2, -0.15) is 0 Å². The number of fused-ring (bicyclic) bond motifs is 1. The highest BCUT2D eigenvalue weighted by atomic mass is 16.7. The van der Waals surface area contributed by atoms with Gasteiger partial charge in [0.15, 0.2) is 0 Å². The van der Waals surface area contributed by atoms with Crippen LogP contribution in [0.3, 0.4) is 0 Å². The summed E-state index contributed by atoms with van der Waals surface area (Å²) in [6.07, 6.45) is -1.74. The Balaban J connectivity index is 2.24. The summed E-state index contributed by atoms with van der Waals surface area (Å²) in [4.78, 5) is 17.8. The van der Waals surface area contributed by atoms with Crippen molar-refractivity contribution in [3.05, 3.63) is 22.2 Å². The number of aliphatic hydroxyl groups excluding tert-OH is 2. The molecule has 0 aromatic carbocycles. The van der Waals surface area contributed by atoms with Crippen molar-refractivity contribution in [2.75, 3.05) is 12.3 Å².